The van der Waals surface area contributed by atoms with Gasteiger partial charge in [-0.05, 0) is 29.2 Å². The van der Waals surface area contributed by atoms with Crippen molar-refractivity contribution in [1.82, 2.24) is 0 Å². The van der Waals surface area contributed by atoms with E-state index in [1.807, 2.05) is 18.2 Å². The molecule has 90 valence electrons. The zero-order valence-electron chi connectivity index (χ0n) is 10.9. The first kappa shape index (κ1) is 13.3. The number of benzene rings is 1. The van der Waals surface area contributed by atoms with Gasteiger partial charge >= 0.3 is 0 Å². The Morgan fingerprint density at radius 1 is 1.29 bits per heavy atom. The molecule has 0 amide bonds. The minimum Gasteiger partial charge on any atom is -0.496 e. The molecule has 0 atom stereocenters. The fourth-order valence-corrected chi connectivity index (χ4v) is 1.71. The van der Waals surface area contributed by atoms with Crippen molar-refractivity contribution in [2.24, 2.45) is 0 Å². The third-order valence-corrected chi connectivity index (χ3v) is 2.72. The van der Waals surface area contributed by atoms with E-state index in [4.69, 9.17) is 4.74 Å². The molecular weight excluding hydrogens is 208 g/mol. The molecule has 0 N–H and O–H groups in total. The number of methoxy groups -OCH3 is 1. The molecule has 0 radical (unpaired) electrons. The SMILES string of the molecule is C=C/C=C(\C=C)c1cc(C(C)C)ccc1OC. The van der Waals surface area contributed by atoms with Gasteiger partial charge in [0.2, 0.25) is 0 Å². The molecule has 1 heteroatoms. The van der Waals surface area contributed by atoms with E-state index >= 15 is 0 Å². The first-order valence-corrected chi connectivity index (χ1v) is 5.77. The molecule has 0 unspecified atom stereocenters. The normalized spacial score (nSPS) is 11.4. The Balaban J connectivity index is 3.36. The third-order valence-electron chi connectivity index (χ3n) is 2.72. The fraction of sp³-hybridized carbons (Fsp3) is 0.250. The van der Waals surface area contributed by atoms with Crippen LogP contribution in [0.5, 0.6) is 5.75 Å². The number of rotatable bonds is 5. The van der Waals surface area contributed by atoms with Crippen LogP contribution >= 0.6 is 0 Å². The molecule has 0 fully saturated rings. The Kier molecular flexibility index (Phi) is 4.77. The maximum Gasteiger partial charge on any atom is 0.126 e. The Morgan fingerprint density at radius 2 is 2.00 bits per heavy atom. The van der Waals surface area contributed by atoms with Crippen LogP contribution in [0.15, 0.2) is 49.6 Å². The van der Waals surface area contributed by atoms with E-state index in [2.05, 4.69) is 39.1 Å². The van der Waals surface area contributed by atoms with E-state index in [0.717, 1.165) is 16.9 Å². The summed E-state index contributed by atoms with van der Waals surface area (Å²) in [5, 5.41) is 0. The summed E-state index contributed by atoms with van der Waals surface area (Å²) in [6.45, 7) is 11.9. The predicted molar refractivity (Wildman–Crippen MR) is 75.5 cm³/mol. The lowest BCUT2D eigenvalue weighted by Gasteiger charge is -2.13. The maximum atomic E-state index is 5.39. The van der Waals surface area contributed by atoms with Crippen molar-refractivity contribution in [3.63, 3.8) is 0 Å². The molecule has 0 aromatic heterocycles. The highest BCUT2D eigenvalue weighted by Crippen LogP contribution is 2.30. The molecule has 0 aliphatic heterocycles. The second-order valence-electron chi connectivity index (χ2n) is 4.18. The summed E-state index contributed by atoms with van der Waals surface area (Å²) >= 11 is 0. The summed E-state index contributed by atoms with van der Waals surface area (Å²) in [6, 6.07) is 6.26. The van der Waals surface area contributed by atoms with E-state index in [0.29, 0.717) is 5.92 Å². The lowest BCUT2D eigenvalue weighted by molar-refractivity contribution is 0.413. The molecule has 1 aromatic carbocycles. The van der Waals surface area contributed by atoms with Gasteiger partial charge in [0.15, 0.2) is 0 Å². The maximum absolute atomic E-state index is 5.39. The molecule has 1 aromatic rings. The molecule has 0 bridgehead atoms. The number of ether oxygens (including phenoxy) is 1. The Bertz CT molecular complexity index is 439. The van der Waals surface area contributed by atoms with Gasteiger partial charge in [0.25, 0.3) is 0 Å². The zero-order valence-corrected chi connectivity index (χ0v) is 10.9. The second kappa shape index (κ2) is 6.09. The van der Waals surface area contributed by atoms with Gasteiger partial charge < -0.3 is 4.74 Å². The van der Waals surface area contributed by atoms with Gasteiger partial charge in [-0.25, -0.2) is 0 Å². The Labute approximate surface area is 104 Å². The minimum absolute atomic E-state index is 0.495. The predicted octanol–water partition coefficient (Wildman–Crippen LogP) is 4.57. The van der Waals surface area contributed by atoms with Gasteiger partial charge in [-0.3, -0.25) is 0 Å². The van der Waals surface area contributed by atoms with Crippen molar-refractivity contribution in [1.29, 1.82) is 0 Å². The van der Waals surface area contributed by atoms with Crippen LogP contribution < -0.4 is 4.74 Å². The molecule has 1 nitrogen and oxygen atoms in total. The van der Waals surface area contributed by atoms with E-state index < -0.39 is 0 Å². The number of hydrogen-bond donors (Lipinski definition) is 0. The van der Waals surface area contributed by atoms with Gasteiger partial charge in [0.05, 0.1) is 7.11 Å². The van der Waals surface area contributed by atoms with Gasteiger partial charge in [0, 0.05) is 5.56 Å². The highest BCUT2D eigenvalue weighted by Gasteiger charge is 2.08. The summed E-state index contributed by atoms with van der Waals surface area (Å²) in [5.41, 5.74) is 3.38. The van der Waals surface area contributed by atoms with Gasteiger partial charge in [-0.15, -0.1) is 0 Å². The van der Waals surface area contributed by atoms with Crippen LogP contribution in [0.25, 0.3) is 5.57 Å². The highest BCUT2D eigenvalue weighted by molar-refractivity contribution is 5.78. The number of allylic oxidation sites excluding steroid dienone is 4. The fourth-order valence-electron chi connectivity index (χ4n) is 1.71. The third kappa shape index (κ3) is 3.10. The van der Waals surface area contributed by atoms with E-state index in [9.17, 15) is 0 Å². The molecule has 0 spiro atoms. The van der Waals surface area contributed by atoms with Crippen molar-refractivity contribution in [2.75, 3.05) is 7.11 Å². The molecule has 0 aliphatic rings. The Morgan fingerprint density at radius 3 is 2.47 bits per heavy atom. The highest BCUT2D eigenvalue weighted by atomic mass is 16.5. The molecule has 0 heterocycles. The van der Waals surface area contributed by atoms with Gasteiger partial charge in [-0.1, -0.05) is 51.3 Å². The molecular formula is C16H20O. The lowest BCUT2D eigenvalue weighted by Crippen LogP contribution is -1.94. The molecule has 0 aliphatic carbocycles. The van der Waals surface area contributed by atoms with Crippen LogP contribution in [0.3, 0.4) is 0 Å². The monoisotopic (exact) mass is 228 g/mol. The van der Waals surface area contributed by atoms with E-state index in [1.165, 1.54) is 5.56 Å². The van der Waals surface area contributed by atoms with Crippen LogP contribution in [0.2, 0.25) is 0 Å². The second-order valence-corrected chi connectivity index (χ2v) is 4.18. The van der Waals surface area contributed by atoms with Gasteiger partial charge in [-0.2, -0.15) is 0 Å². The minimum atomic E-state index is 0.495. The summed E-state index contributed by atoms with van der Waals surface area (Å²) in [5.74, 6) is 1.36. The topological polar surface area (TPSA) is 9.23 Å². The average Bonchev–Trinajstić information content (AvgIpc) is 2.35. The summed E-state index contributed by atoms with van der Waals surface area (Å²) in [7, 11) is 1.68. The van der Waals surface area contributed by atoms with Crippen molar-refractivity contribution >= 4 is 5.57 Å². The summed E-state index contributed by atoms with van der Waals surface area (Å²) in [4.78, 5) is 0. The average molecular weight is 228 g/mol. The van der Waals surface area contributed by atoms with Gasteiger partial charge in [0.1, 0.15) is 5.75 Å². The van der Waals surface area contributed by atoms with Crippen LogP contribution in [-0.2, 0) is 0 Å². The first-order chi connectivity index (χ1) is 8.13. The van der Waals surface area contributed by atoms with Crippen LogP contribution in [0, 0.1) is 0 Å². The lowest BCUT2D eigenvalue weighted by atomic mass is 9.96. The molecule has 17 heavy (non-hydrogen) atoms. The summed E-state index contributed by atoms with van der Waals surface area (Å²) in [6.07, 6.45) is 5.52. The van der Waals surface area contributed by atoms with E-state index in [1.54, 1.807) is 13.2 Å². The van der Waals surface area contributed by atoms with Crippen molar-refractivity contribution in [2.45, 2.75) is 19.8 Å². The smallest absolute Gasteiger partial charge is 0.126 e. The number of hydrogen-bond acceptors (Lipinski definition) is 1. The molecule has 0 saturated carbocycles. The van der Waals surface area contributed by atoms with Crippen LogP contribution in [0.4, 0.5) is 0 Å². The largest absolute Gasteiger partial charge is 0.496 e. The zero-order chi connectivity index (χ0) is 12.8. The van der Waals surface area contributed by atoms with Crippen molar-refractivity contribution in [3.8, 4) is 5.75 Å². The standard InChI is InChI=1S/C16H20O/c1-6-8-13(7-2)15-11-14(12(3)4)9-10-16(15)17-5/h6-12H,1-2H2,3-5H3/b13-8+. The quantitative estimate of drug-likeness (QED) is 0.670. The molecule has 1 rings (SSSR count). The van der Waals surface area contributed by atoms with E-state index in [-0.39, 0.29) is 0 Å². The first-order valence-electron chi connectivity index (χ1n) is 5.77. The molecule has 0 saturated heterocycles. The van der Waals surface area contributed by atoms with Crippen LogP contribution in [-0.4, -0.2) is 7.11 Å². The van der Waals surface area contributed by atoms with Crippen LogP contribution in [0.1, 0.15) is 30.9 Å². The Hall–Kier alpha value is -1.76. The van der Waals surface area contributed by atoms with Crippen molar-refractivity contribution in [3.05, 3.63) is 60.7 Å². The summed E-state index contributed by atoms with van der Waals surface area (Å²) < 4.78 is 5.39. The van der Waals surface area contributed by atoms with Crippen molar-refractivity contribution < 1.29 is 4.74 Å².